The van der Waals surface area contributed by atoms with Crippen LogP contribution in [0.4, 0.5) is 4.39 Å². The lowest BCUT2D eigenvalue weighted by molar-refractivity contribution is -0.130. The van der Waals surface area contributed by atoms with Gasteiger partial charge in [-0.15, -0.1) is 0 Å². The molecule has 7 heteroatoms. The number of nitrogens with zero attached hydrogens (tertiary/aromatic N) is 4. The van der Waals surface area contributed by atoms with Crippen molar-refractivity contribution in [3.05, 3.63) is 24.0 Å². The summed E-state index contributed by atoms with van der Waals surface area (Å²) in [6, 6.07) is 7.48. The molecule has 2 aliphatic rings. The van der Waals surface area contributed by atoms with E-state index in [1.54, 1.807) is 0 Å². The van der Waals surface area contributed by atoms with Crippen LogP contribution in [-0.4, -0.2) is 46.7 Å². The number of alkyl halides is 1. The molecular formula is C18H22FN5O. The first-order chi connectivity index (χ1) is 12.1. The number of nitriles is 2. The van der Waals surface area contributed by atoms with E-state index in [9.17, 15) is 9.18 Å². The van der Waals surface area contributed by atoms with Crippen molar-refractivity contribution in [1.82, 2.24) is 14.8 Å². The number of rotatable bonds is 5. The van der Waals surface area contributed by atoms with Gasteiger partial charge in [-0.1, -0.05) is 0 Å². The van der Waals surface area contributed by atoms with Gasteiger partial charge < -0.3 is 14.8 Å². The molecule has 2 unspecified atom stereocenters. The van der Waals surface area contributed by atoms with Gasteiger partial charge in [0.15, 0.2) is 0 Å². The Kier molecular flexibility index (Phi) is 5.35. The number of carbonyl (C=O) groups is 1. The first-order valence-corrected chi connectivity index (χ1v) is 8.72. The SMILES string of the molecule is N#Cc1cccn1CC1CCC(NCC(=O)N2C[C@@H](F)C[C@H]2C#N)C1. The highest BCUT2D eigenvalue weighted by Crippen LogP contribution is 2.27. The van der Waals surface area contributed by atoms with Crippen molar-refractivity contribution in [2.45, 2.75) is 50.5 Å². The molecule has 0 bridgehead atoms. The first kappa shape index (κ1) is 17.4. The van der Waals surface area contributed by atoms with Crippen LogP contribution in [0.5, 0.6) is 0 Å². The summed E-state index contributed by atoms with van der Waals surface area (Å²) in [5.74, 6) is 0.272. The van der Waals surface area contributed by atoms with Crippen LogP contribution >= 0.6 is 0 Å². The summed E-state index contributed by atoms with van der Waals surface area (Å²) in [7, 11) is 0. The molecule has 2 fully saturated rings. The quantitative estimate of drug-likeness (QED) is 0.880. The van der Waals surface area contributed by atoms with Crippen LogP contribution < -0.4 is 5.32 Å². The Bertz CT molecular complexity index is 703. The third-order valence-electron chi connectivity index (χ3n) is 5.20. The zero-order valence-electron chi connectivity index (χ0n) is 14.1. The van der Waals surface area contributed by atoms with Gasteiger partial charge in [-0.3, -0.25) is 4.79 Å². The third-order valence-corrected chi connectivity index (χ3v) is 5.20. The smallest absolute Gasteiger partial charge is 0.237 e. The standard InChI is InChI=1S/C18H22FN5O/c19-14-7-17(9-21)24(12-14)18(25)10-22-15-4-3-13(6-15)11-23-5-1-2-16(23)8-20/h1-2,5,13-15,17,22H,3-4,6-7,10-12H2/t13?,14-,15?,17-/m0/s1. The highest BCUT2D eigenvalue weighted by atomic mass is 19.1. The normalized spacial score (nSPS) is 28.7. The molecule has 0 spiro atoms. The molecule has 1 aliphatic heterocycles. The fourth-order valence-electron chi connectivity index (χ4n) is 3.90. The number of likely N-dealkylation sites (tertiary alicyclic amines) is 1. The summed E-state index contributed by atoms with van der Waals surface area (Å²) in [5, 5.41) is 21.4. The summed E-state index contributed by atoms with van der Waals surface area (Å²) in [6.45, 7) is 0.986. The van der Waals surface area contributed by atoms with Crippen molar-refractivity contribution in [3.8, 4) is 12.1 Å². The minimum Gasteiger partial charge on any atom is -0.339 e. The first-order valence-electron chi connectivity index (χ1n) is 8.72. The van der Waals surface area contributed by atoms with E-state index in [1.165, 1.54) is 4.90 Å². The van der Waals surface area contributed by atoms with Gasteiger partial charge in [-0.2, -0.15) is 10.5 Å². The molecule has 132 valence electrons. The van der Waals surface area contributed by atoms with Crippen LogP contribution in [-0.2, 0) is 11.3 Å². The Morgan fingerprint density at radius 1 is 1.36 bits per heavy atom. The predicted molar refractivity (Wildman–Crippen MR) is 88.9 cm³/mol. The van der Waals surface area contributed by atoms with Crippen molar-refractivity contribution < 1.29 is 9.18 Å². The van der Waals surface area contributed by atoms with Crippen LogP contribution in [0.25, 0.3) is 0 Å². The van der Waals surface area contributed by atoms with Crippen LogP contribution in [0.3, 0.4) is 0 Å². The molecule has 6 nitrogen and oxygen atoms in total. The lowest BCUT2D eigenvalue weighted by Crippen LogP contribution is -2.43. The van der Waals surface area contributed by atoms with Gasteiger partial charge in [0.25, 0.3) is 0 Å². The second-order valence-electron chi connectivity index (χ2n) is 6.94. The monoisotopic (exact) mass is 343 g/mol. The molecule has 1 aliphatic carbocycles. The zero-order chi connectivity index (χ0) is 17.8. The fraction of sp³-hybridized carbons (Fsp3) is 0.611. The number of hydrogen-bond acceptors (Lipinski definition) is 4. The minimum absolute atomic E-state index is 0.0244. The Morgan fingerprint density at radius 3 is 2.96 bits per heavy atom. The average molecular weight is 343 g/mol. The molecule has 1 aromatic rings. The summed E-state index contributed by atoms with van der Waals surface area (Å²) in [4.78, 5) is 13.6. The predicted octanol–water partition coefficient (Wildman–Crippen LogP) is 1.58. The van der Waals surface area contributed by atoms with Gasteiger partial charge in [-0.25, -0.2) is 4.39 Å². The maximum absolute atomic E-state index is 13.4. The number of hydrogen-bond donors (Lipinski definition) is 1. The Labute approximate surface area is 146 Å². The van der Waals surface area contributed by atoms with Gasteiger partial charge >= 0.3 is 0 Å². The fourth-order valence-corrected chi connectivity index (χ4v) is 3.90. The van der Waals surface area contributed by atoms with Crippen LogP contribution in [0, 0.1) is 28.6 Å². The van der Waals surface area contributed by atoms with Gasteiger partial charge in [0.2, 0.25) is 5.91 Å². The van der Waals surface area contributed by atoms with E-state index >= 15 is 0 Å². The van der Waals surface area contributed by atoms with Crippen molar-refractivity contribution in [3.63, 3.8) is 0 Å². The van der Waals surface area contributed by atoms with Crippen LogP contribution in [0.2, 0.25) is 0 Å². The summed E-state index contributed by atoms with van der Waals surface area (Å²) >= 11 is 0. The molecule has 1 amide bonds. The van der Waals surface area contributed by atoms with Gasteiger partial charge in [0, 0.05) is 25.2 Å². The molecule has 1 saturated carbocycles. The summed E-state index contributed by atoms with van der Waals surface area (Å²) in [5.41, 5.74) is 0.670. The van der Waals surface area contributed by atoms with Crippen molar-refractivity contribution in [2.75, 3.05) is 13.1 Å². The number of amides is 1. The van der Waals surface area contributed by atoms with E-state index in [2.05, 4.69) is 11.4 Å². The lowest BCUT2D eigenvalue weighted by atomic mass is 10.1. The third kappa shape index (κ3) is 4.00. The van der Waals surface area contributed by atoms with Crippen molar-refractivity contribution in [2.24, 2.45) is 5.92 Å². The zero-order valence-corrected chi connectivity index (χ0v) is 14.1. The van der Waals surface area contributed by atoms with E-state index in [-0.39, 0.29) is 31.5 Å². The van der Waals surface area contributed by atoms with E-state index in [4.69, 9.17) is 10.5 Å². The largest absolute Gasteiger partial charge is 0.339 e. The van der Waals surface area contributed by atoms with E-state index < -0.39 is 12.2 Å². The Balaban J connectivity index is 1.45. The Morgan fingerprint density at radius 2 is 2.20 bits per heavy atom. The van der Waals surface area contributed by atoms with Gasteiger partial charge in [0.1, 0.15) is 24.0 Å². The lowest BCUT2D eigenvalue weighted by Gasteiger charge is -2.21. The maximum atomic E-state index is 13.4. The van der Waals surface area contributed by atoms with Crippen molar-refractivity contribution in [1.29, 1.82) is 10.5 Å². The number of aromatic nitrogens is 1. The number of nitrogens with one attached hydrogen (secondary N) is 1. The second kappa shape index (κ2) is 7.67. The number of halogens is 1. The maximum Gasteiger partial charge on any atom is 0.237 e. The molecule has 25 heavy (non-hydrogen) atoms. The summed E-state index contributed by atoms with van der Waals surface area (Å²) in [6.07, 6.45) is 3.92. The van der Waals surface area contributed by atoms with Crippen LogP contribution in [0.15, 0.2) is 18.3 Å². The molecule has 3 rings (SSSR count). The van der Waals surface area contributed by atoms with E-state index in [0.29, 0.717) is 11.6 Å². The van der Waals surface area contributed by atoms with Gasteiger partial charge in [0.05, 0.1) is 19.2 Å². The Hall–Kier alpha value is -2.38. The van der Waals surface area contributed by atoms with Crippen molar-refractivity contribution >= 4 is 5.91 Å². The average Bonchev–Trinajstić information content (AvgIpc) is 3.32. The van der Waals surface area contributed by atoms with Gasteiger partial charge in [-0.05, 0) is 37.3 Å². The van der Waals surface area contributed by atoms with E-state index in [0.717, 1.165) is 25.8 Å². The highest BCUT2D eigenvalue weighted by Gasteiger charge is 2.35. The second-order valence-corrected chi connectivity index (χ2v) is 6.94. The summed E-state index contributed by atoms with van der Waals surface area (Å²) < 4.78 is 15.4. The molecule has 1 N–H and O–H groups in total. The molecular weight excluding hydrogens is 321 g/mol. The molecule has 1 saturated heterocycles. The topological polar surface area (TPSA) is 84.8 Å². The molecule has 1 aromatic heterocycles. The van der Waals surface area contributed by atoms with E-state index in [1.807, 2.05) is 29.0 Å². The highest BCUT2D eigenvalue weighted by molar-refractivity contribution is 5.79. The minimum atomic E-state index is -1.10. The van der Waals surface area contributed by atoms with Crippen LogP contribution in [0.1, 0.15) is 31.4 Å². The molecule has 4 atom stereocenters. The molecule has 2 heterocycles. The molecule has 0 radical (unpaired) electrons. The molecule has 0 aromatic carbocycles. The number of carbonyl (C=O) groups excluding carboxylic acids is 1.